The number of hydrogen-bond donors (Lipinski definition) is 2. The van der Waals surface area contributed by atoms with Crippen LogP contribution in [0, 0.1) is 66.0 Å². The Morgan fingerprint density at radius 3 is 0.845 bits per heavy atom. The zero-order valence-electron chi connectivity index (χ0n) is 67.8. The van der Waals surface area contributed by atoms with Crippen LogP contribution in [0.2, 0.25) is 0 Å². The first-order chi connectivity index (χ1) is 49.7. The Kier molecular flexibility index (Phi) is 28.8. The van der Waals surface area contributed by atoms with E-state index in [2.05, 4.69) is 286 Å². The van der Waals surface area contributed by atoms with E-state index in [0.29, 0.717) is 46.8 Å². The van der Waals surface area contributed by atoms with Crippen molar-refractivity contribution in [1.82, 2.24) is 9.13 Å². The van der Waals surface area contributed by atoms with Gasteiger partial charge in [-0.25, -0.2) is 8.78 Å². The predicted octanol–water partition coefficient (Wildman–Crippen LogP) is 28.4. The van der Waals surface area contributed by atoms with Crippen molar-refractivity contribution in [3.05, 3.63) is 306 Å². The number of fused-ring (bicyclic) bond motifs is 6. The van der Waals surface area contributed by atoms with E-state index in [1.54, 1.807) is 0 Å². The fraction of sp³-hybridized carbons (Fsp3) is 0.240. The molecule has 0 saturated carbocycles. The van der Waals surface area contributed by atoms with Gasteiger partial charge < -0.3 is 51.1 Å². The van der Waals surface area contributed by atoms with Crippen molar-refractivity contribution in [2.75, 3.05) is 13.2 Å². The summed E-state index contributed by atoms with van der Waals surface area (Å²) in [5.74, 6) is 0.940. The maximum atomic E-state index is 15.4. The minimum absolute atomic E-state index is 0. The number of hydrogen-bond acceptors (Lipinski definition) is 2. The van der Waals surface area contributed by atoms with Gasteiger partial charge in [-0.15, -0.1) is 0 Å². The topological polar surface area (TPSA) is 75.9 Å². The molecule has 12 aromatic carbocycles. The molecule has 0 fully saturated rings. The third kappa shape index (κ3) is 18.4. The SMILES string of the molecule is CCC[OH+]c1c(C)cc(F)cc1-c1cc(C(C)(C)CC(C)(C)C)cc(-n2c3cc(-c4ccccc4)ccc3c3ccc(-c4ccccc4)cc32)c1O.CCC[OH+]c1c(C)cc(F)cc1-c1cc(C(C)(C)CC(C)(C)C)cc(-n2c3cc(-c4ccccc4)ccc3c3ccc(-c4ccccc4)cc32)c1O.[CH3+].[CH3-].[CH3-].[CH3-].[Hf].[Hf]. The molecule has 4 N–H and O–H groups in total. The summed E-state index contributed by atoms with van der Waals surface area (Å²) in [6, 6.07) is 82.6. The molecule has 0 radical (unpaired) electrons. The van der Waals surface area contributed by atoms with E-state index in [4.69, 9.17) is 9.47 Å². The van der Waals surface area contributed by atoms with Gasteiger partial charge >= 0.3 is 0 Å². The number of phenols is 2. The van der Waals surface area contributed by atoms with Crippen LogP contribution >= 0.6 is 0 Å². The van der Waals surface area contributed by atoms with Crippen LogP contribution in [0.1, 0.15) is 131 Å². The summed E-state index contributed by atoms with van der Waals surface area (Å²) in [5.41, 5.74) is 19.7. The third-order valence-corrected chi connectivity index (χ3v) is 20.2. The summed E-state index contributed by atoms with van der Waals surface area (Å²) in [5, 5.41) is 29.7. The summed E-state index contributed by atoms with van der Waals surface area (Å²) in [4.78, 5) is 0. The number of ether oxygens (including phenoxy) is 2. The number of aromatic hydroxyl groups is 4. The predicted molar refractivity (Wildman–Crippen MR) is 460 cm³/mol. The van der Waals surface area contributed by atoms with Crippen molar-refractivity contribution in [1.29, 1.82) is 0 Å². The Morgan fingerprint density at radius 2 is 0.600 bits per heavy atom. The average molecular weight is 1800 g/mol. The summed E-state index contributed by atoms with van der Waals surface area (Å²) in [7, 11) is 0. The fourth-order valence-electron chi connectivity index (χ4n) is 16.2. The number of aliphatic hydroxyl groups is 2. The van der Waals surface area contributed by atoms with Crippen LogP contribution in [0.25, 0.3) is 122 Å². The minimum atomic E-state index is -0.347. The van der Waals surface area contributed by atoms with Gasteiger partial charge in [0.1, 0.15) is 23.1 Å². The van der Waals surface area contributed by atoms with Crippen molar-refractivity contribution in [3.63, 3.8) is 0 Å². The number of nitrogens with zero attached hydrogens (tertiary/aromatic N) is 2. The molecule has 110 heavy (non-hydrogen) atoms. The van der Waals surface area contributed by atoms with Crippen LogP contribution in [-0.2, 0) is 62.5 Å². The van der Waals surface area contributed by atoms with Crippen LogP contribution in [0.4, 0.5) is 8.78 Å². The molecule has 2 heterocycles. The zero-order valence-corrected chi connectivity index (χ0v) is 75.0. The summed E-state index contributed by atoms with van der Waals surface area (Å²) < 4.78 is 45.1. The summed E-state index contributed by atoms with van der Waals surface area (Å²) in [6.07, 6.45) is 3.53. The monoisotopic (exact) mass is 1800 g/mol. The molecule has 0 saturated heterocycles. The van der Waals surface area contributed by atoms with E-state index < -0.39 is 0 Å². The van der Waals surface area contributed by atoms with Crippen LogP contribution in [-0.4, -0.2) is 42.0 Å². The van der Waals surface area contributed by atoms with Gasteiger partial charge in [0.25, 0.3) is 11.5 Å². The second kappa shape index (κ2) is 35.9. The minimum Gasteiger partial charge on any atom is -0.582 e. The standard InChI is InChI=1S/2C48H48FNO2.4CH3.2Hf/c2*1-8-23-52-46-31(2)24-37(49)29-41(46)40-27-36(48(6,7)30-47(3,4)5)28-44(45(40)51)50-42-25-34(32-15-11-9-12-16-32)19-21-38(42)39-22-20-35(26-43(39)50)33-17-13-10-14-18-33;;;;;;/h2*9-22,24-29,51H,8,23,30H2,1-7H3;4*1H3;;/q;;3*-1;+1;;/p+2. The van der Waals surface area contributed by atoms with E-state index in [9.17, 15) is 10.2 Å². The molecule has 0 aliphatic rings. The van der Waals surface area contributed by atoms with Crippen molar-refractivity contribution in [2.24, 2.45) is 10.8 Å². The largest absolute Gasteiger partial charge is 0.582 e. The molecule has 0 aliphatic heterocycles. The first kappa shape index (κ1) is 88.1. The quantitative estimate of drug-likeness (QED) is 0.0510. The Hall–Kier alpha value is -9.09. The number of aromatic nitrogens is 2. The summed E-state index contributed by atoms with van der Waals surface area (Å²) in [6.45, 7) is 31.8. The van der Waals surface area contributed by atoms with E-state index >= 15 is 8.78 Å². The van der Waals surface area contributed by atoms with Gasteiger partial charge in [0.2, 0.25) is 0 Å². The Morgan fingerprint density at radius 1 is 0.336 bits per heavy atom. The molecule has 0 bridgehead atoms. The molecule has 14 rings (SSSR count). The number of benzene rings is 12. The molecule has 566 valence electrons. The van der Waals surface area contributed by atoms with Crippen molar-refractivity contribution in [2.45, 2.75) is 133 Å². The molecule has 0 unspecified atom stereocenters. The molecule has 0 spiro atoms. The molecule has 14 aromatic rings. The molecule has 6 nitrogen and oxygen atoms in total. The maximum Gasteiger partial charge on any atom is 0.265 e. The van der Waals surface area contributed by atoms with Gasteiger partial charge in [0.15, 0.2) is 13.2 Å². The van der Waals surface area contributed by atoms with Crippen molar-refractivity contribution < 1.29 is 80.2 Å². The third-order valence-electron chi connectivity index (χ3n) is 20.2. The van der Waals surface area contributed by atoms with Crippen molar-refractivity contribution >= 4 is 43.6 Å². The van der Waals surface area contributed by atoms with Crippen LogP contribution in [0.3, 0.4) is 0 Å². The first-order valence-electron chi connectivity index (χ1n) is 36.8. The molecular weight excluding hydrogens is 1690 g/mol. The van der Waals surface area contributed by atoms with Gasteiger partial charge in [-0.05, 0) is 177 Å². The fourth-order valence-corrected chi connectivity index (χ4v) is 16.2. The van der Waals surface area contributed by atoms with Gasteiger partial charge in [-0.2, -0.15) is 0 Å². The molecular formula is C100H110F2Hf2N2O4. The van der Waals surface area contributed by atoms with Crippen molar-refractivity contribution in [3.8, 4) is 101 Å². The van der Waals surface area contributed by atoms with Gasteiger partial charge in [-0.3, -0.25) is 0 Å². The van der Waals surface area contributed by atoms with Gasteiger partial charge in [0, 0.05) is 116 Å². The van der Waals surface area contributed by atoms with Crippen LogP contribution in [0.15, 0.2) is 243 Å². The molecule has 2 aromatic heterocycles. The number of phenolic OH excluding ortho intramolecular Hbond substituents is 2. The smallest absolute Gasteiger partial charge is 0.265 e. The van der Waals surface area contributed by atoms with Crippen LogP contribution in [0.5, 0.6) is 23.0 Å². The zero-order chi connectivity index (χ0) is 73.6. The van der Waals surface area contributed by atoms with E-state index in [0.717, 1.165) is 148 Å². The van der Waals surface area contributed by atoms with E-state index in [1.165, 1.54) is 24.3 Å². The second-order valence-electron chi connectivity index (χ2n) is 32.1. The molecule has 10 heteroatoms. The van der Waals surface area contributed by atoms with E-state index in [-0.39, 0.29) is 126 Å². The average Bonchev–Trinajstić information content (AvgIpc) is 1.44. The number of halogens is 2. The second-order valence-corrected chi connectivity index (χ2v) is 32.1. The number of rotatable bonds is 18. The van der Waals surface area contributed by atoms with E-state index in [1.807, 2.05) is 38.1 Å². The number of aryl methyl sites for hydroxylation is 2. The Balaban J connectivity index is 0.000000290. The molecule has 0 atom stereocenters. The molecule has 0 amide bonds. The first-order valence-corrected chi connectivity index (χ1v) is 36.8. The normalized spacial score (nSPS) is 11.5. The Bertz CT molecular complexity index is 4960. The summed E-state index contributed by atoms with van der Waals surface area (Å²) >= 11 is 0. The maximum absolute atomic E-state index is 15.4. The Labute approximate surface area is 692 Å². The molecule has 0 aliphatic carbocycles. The van der Waals surface area contributed by atoms with Gasteiger partial charge in [-0.1, -0.05) is 253 Å². The van der Waals surface area contributed by atoms with Crippen LogP contribution < -0.4 is 0 Å². The van der Waals surface area contributed by atoms with Gasteiger partial charge in [0.05, 0.1) is 44.6 Å².